The van der Waals surface area contributed by atoms with Crippen LogP contribution in [0.25, 0.3) is 0 Å². The number of imide groups is 1. The number of benzene rings is 2. The van der Waals surface area contributed by atoms with Gasteiger partial charge in [0, 0.05) is 19.3 Å². The van der Waals surface area contributed by atoms with E-state index in [9.17, 15) is 14.4 Å². The van der Waals surface area contributed by atoms with Crippen LogP contribution in [0.1, 0.15) is 11.1 Å². The van der Waals surface area contributed by atoms with Crippen molar-refractivity contribution in [2.75, 3.05) is 25.2 Å². The summed E-state index contributed by atoms with van der Waals surface area (Å²) in [6.07, 6.45) is 0.550. The third-order valence-corrected chi connectivity index (χ3v) is 5.34. The molecule has 0 radical (unpaired) electrons. The monoisotopic (exact) mass is 378 g/mol. The maximum atomic E-state index is 12.9. The lowest BCUT2D eigenvalue weighted by Gasteiger charge is -2.37. The highest BCUT2D eigenvalue weighted by Gasteiger charge is 2.40. The summed E-state index contributed by atoms with van der Waals surface area (Å²) in [6.45, 7) is 0.613. The van der Waals surface area contributed by atoms with Crippen molar-refractivity contribution < 1.29 is 14.4 Å². The maximum Gasteiger partial charge on any atom is 0.332 e. The minimum absolute atomic E-state index is 0.0118. The summed E-state index contributed by atoms with van der Waals surface area (Å²) in [4.78, 5) is 42.5. The van der Waals surface area contributed by atoms with Crippen LogP contribution >= 0.6 is 0 Å². The molecule has 1 N–H and O–H groups in total. The van der Waals surface area contributed by atoms with Gasteiger partial charge in [-0.05, 0) is 29.7 Å². The summed E-state index contributed by atoms with van der Waals surface area (Å²) >= 11 is 0. The Bertz CT molecular complexity index is 915. The first-order valence-corrected chi connectivity index (χ1v) is 9.28. The predicted molar refractivity (Wildman–Crippen MR) is 104 cm³/mol. The smallest absolute Gasteiger partial charge is 0.332 e. The predicted octanol–water partition coefficient (Wildman–Crippen LogP) is 1.59. The lowest BCUT2D eigenvalue weighted by atomic mass is 9.94. The third-order valence-electron chi connectivity index (χ3n) is 5.34. The zero-order valence-electron chi connectivity index (χ0n) is 15.7. The van der Waals surface area contributed by atoms with Gasteiger partial charge in [0.25, 0.3) is 5.91 Å². The highest BCUT2D eigenvalue weighted by atomic mass is 16.2. The Kier molecular flexibility index (Phi) is 4.83. The molecule has 28 heavy (non-hydrogen) atoms. The number of anilines is 1. The standard InChI is InChI=1S/C21H22N4O3/c1-22-20(27)18-11-15-7-5-6-8-16(15)12-23(18)14-25-19(26)13-24(21(25)28)17-9-3-2-4-10-17/h2-10,18H,11-14H2,1H3,(H,22,27)/t18-/m0/s1. The first kappa shape index (κ1) is 18.2. The fourth-order valence-corrected chi connectivity index (χ4v) is 3.82. The number of hydrogen-bond donors (Lipinski definition) is 1. The number of carbonyl (C=O) groups is 3. The van der Waals surface area contributed by atoms with E-state index in [-0.39, 0.29) is 31.1 Å². The topological polar surface area (TPSA) is 73.0 Å². The van der Waals surface area contributed by atoms with Crippen molar-refractivity contribution in [3.05, 3.63) is 65.7 Å². The Hall–Kier alpha value is -3.19. The van der Waals surface area contributed by atoms with Gasteiger partial charge in [-0.25, -0.2) is 9.69 Å². The van der Waals surface area contributed by atoms with Gasteiger partial charge in [-0.3, -0.25) is 19.4 Å². The van der Waals surface area contributed by atoms with E-state index in [1.54, 1.807) is 19.2 Å². The van der Waals surface area contributed by atoms with Gasteiger partial charge in [0.15, 0.2) is 0 Å². The molecule has 4 amide bonds. The lowest BCUT2D eigenvalue weighted by molar-refractivity contribution is -0.132. The number of urea groups is 1. The van der Waals surface area contributed by atoms with Crippen molar-refractivity contribution in [3.8, 4) is 0 Å². The Balaban J connectivity index is 1.57. The summed E-state index contributed by atoms with van der Waals surface area (Å²) in [5.41, 5.74) is 2.93. The van der Waals surface area contributed by atoms with E-state index in [4.69, 9.17) is 0 Å². The van der Waals surface area contributed by atoms with Crippen molar-refractivity contribution >= 4 is 23.5 Å². The molecule has 1 atom stereocenters. The number of likely N-dealkylation sites (N-methyl/N-ethyl adjacent to an activating group) is 1. The number of hydrogen-bond acceptors (Lipinski definition) is 4. The summed E-state index contributed by atoms with van der Waals surface area (Å²) in [5.74, 6) is -0.378. The second kappa shape index (κ2) is 7.44. The van der Waals surface area contributed by atoms with E-state index < -0.39 is 6.04 Å². The van der Waals surface area contributed by atoms with Gasteiger partial charge in [0.2, 0.25) is 5.91 Å². The van der Waals surface area contributed by atoms with E-state index in [1.165, 1.54) is 9.80 Å². The van der Waals surface area contributed by atoms with Gasteiger partial charge in [0.1, 0.15) is 6.54 Å². The molecule has 7 nitrogen and oxygen atoms in total. The normalized spacial score (nSPS) is 19.7. The summed E-state index contributed by atoms with van der Waals surface area (Å²) < 4.78 is 0. The first-order valence-electron chi connectivity index (χ1n) is 9.28. The number of rotatable bonds is 4. The minimum atomic E-state index is -0.425. The Morgan fingerprint density at radius 3 is 2.39 bits per heavy atom. The number of nitrogens with zero attached hydrogens (tertiary/aromatic N) is 3. The molecule has 0 spiro atoms. The Morgan fingerprint density at radius 2 is 1.68 bits per heavy atom. The average molecular weight is 378 g/mol. The molecule has 0 aromatic heterocycles. The van der Waals surface area contributed by atoms with Gasteiger partial charge in [-0.2, -0.15) is 0 Å². The molecule has 0 bridgehead atoms. The first-order chi connectivity index (χ1) is 13.6. The zero-order valence-corrected chi connectivity index (χ0v) is 15.7. The summed E-state index contributed by atoms with van der Waals surface area (Å²) in [7, 11) is 1.60. The Labute approximate surface area is 163 Å². The second-order valence-electron chi connectivity index (χ2n) is 7.02. The van der Waals surface area contributed by atoms with Crippen molar-refractivity contribution in [1.82, 2.24) is 15.1 Å². The average Bonchev–Trinajstić information content (AvgIpc) is 3.01. The largest absolute Gasteiger partial charge is 0.358 e. The van der Waals surface area contributed by atoms with Crippen molar-refractivity contribution in [3.63, 3.8) is 0 Å². The molecule has 1 saturated heterocycles. The molecule has 2 aliphatic heterocycles. The van der Waals surface area contributed by atoms with Crippen LogP contribution in [-0.2, 0) is 22.6 Å². The third kappa shape index (κ3) is 3.25. The lowest BCUT2D eigenvalue weighted by Crippen LogP contribution is -2.54. The number of carbonyl (C=O) groups excluding carboxylic acids is 3. The van der Waals surface area contributed by atoms with Crippen LogP contribution < -0.4 is 10.2 Å². The molecule has 2 aliphatic rings. The molecule has 4 rings (SSSR count). The van der Waals surface area contributed by atoms with E-state index in [0.717, 1.165) is 11.1 Å². The minimum Gasteiger partial charge on any atom is -0.358 e. The molecule has 144 valence electrons. The molecule has 7 heteroatoms. The van der Waals surface area contributed by atoms with Gasteiger partial charge in [0.05, 0.1) is 12.7 Å². The molecule has 2 aromatic carbocycles. The second-order valence-corrected chi connectivity index (χ2v) is 7.02. The maximum absolute atomic E-state index is 12.9. The van der Waals surface area contributed by atoms with Crippen LogP contribution in [0, 0.1) is 0 Å². The van der Waals surface area contributed by atoms with Crippen LogP contribution in [0.4, 0.5) is 10.5 Å². The number of fused-ring (bicyclic) bond motifs is 1. The van der Waals surface area contributed by atoms with Gasteiger partial charge in [-0.15, -0.1) is 0 Å². The number of amides is 4. The van der Waals surface area contributed by atoms with Crippen molar-refractivity contribution in [2.24, 2.45) is 0 Å². The molecular formula is C21H22N4O3. The van der Waals surface area contributed by atoms with Crippen LogP contribution in [-0.4, -0.2) is 53.9 Å². The van der Waals surface area contributed by atoms with Crippen molar-refractivity contribution in [2.45, 2.75) is 19.0 Å². The molecular weight excluding hydrogens is 356 g/mol. The van der Waals surface area contributed by atoms with Crippen LogP contribution in [0.2, 0.25) is 0 Å². The van der Waals surface area contributed by atoms with Crippen molar-refractivity contribution in [1.29, 1.82) is 0 Å². The number of nitrogens with one attached hydrogen (secondary N) is 1. The molecule has 0 saturated carbocycles. The fraction of sp³-hybridized carbons (Fsp3) is 0.286. The van der Waals surface area contributed by atoms with Crippen LogP contribution in [0.5, 0.6) is 0 Å². The van der Waals surface area contributed by atoms with Gasteiger partial charge in [-0.1, -0.05) is 42.5 Å². The number of para-hydroxylation sites is 1. The quantitative estimate of drug-likeness (QED) is 0.820. The zero-order chi connectivity index (χ0) is 19.7. The highest BCUT2D eigenvalue weighted by molar-refractivity contribution is 6.12. The molecule has 1 fully saturated rings. The van der Waals surface area contributed by atoms with Crippen LogP contribution in [0.3, 0.4) is 0 Å². The molecule has 0 aliphatic carbocycles. The van der Waals surface area contributed by atoms with E-state index >= 15 is 0 Å². The van der Waals surface area contributed by atoms with Gasteiger partial charge >= 0.3 is 6.03 Å². The van der Waals surface area contributed by atoms with Gasteiger partial charge < -0.3 is 5.32 Å². The van der Waals surface area contributed by atoms with E-state index in [0.29, 0.717) is 18.7 Å². The molecule has 2 aromatic rings. The molecule has 2 heterocycles. The van der Waals surface area contributed by atoms with Crippen LogP contribution in [0.15, 0.2) is 54.6 Å². The SMILES string of the molecule is CNC(=O)[C@@H]1Cc2ccccc2CN1CN1C(=O)CN(c2ccccc2)C1=O. The Morgan fingerprint density at radius 1 is 1.00 bits per heavy atom. The molecule has 0 unspecified atom stereocenters. The summed E-state index contributed by atoms with van der Waals surface area (Å²) in [5, 5.41) is 2.70. The van der Waals surface area contributed by atoms with E-state index in [2.05, 4.69) is 5.32 Å². The van der Waals surface area contributed by atoms with E-state index in [1.807, 2.05) is 47.4 Å². The highest BCUT2D eigenvalue weighted by Crippen LogP contribution is 2.26. The summed E-state index contributed by atoms with van der Waals surface area (Å²) in [6, 6.07) is 16.3. The fourth-order valence-electron chi connectivity index (χ4n) is 3.82.